The topological polar surface area (TPSA) is 116 Å². The van der Waals surface area contributed by atoms with Crippen LogP contribution in [0.1, 0.15) is 40.5 Å². The first-order valence-corrected chi connectivity index (χ1v) is 9.85. The van der Waals surface area contributed by atoms with Crippen molar-refractivity contribution in [1.29, 1.82) is 0 Å². The molecule has 1 N–H and O–H groups in total. The van der Waals surface area contributed by atoms with Crippen LogP contribution in [0.15, 0.2) is 59.3 Å². The van der Waals surface area contributed by atoms with Gasteiger partial charge in [0.05, 0.1) is 23.8 Å². The van der Waals surface area contributed by atoms with E-state index in [0.29, 0.717) is 5.69 Å². The Hall–Kier alpha value is -3.65. The number of aromatic carboxylic acids is 1. The number of halogens is 1. The third-order valence-electron chi connectivity index (χ3n) is 4.49. The minimum Gasteiger partial charge on any atom is -0.545 e. The second-order valence-corrected chi connectivity index (χ2v) is 7.04. The van der Waals surface area contributed by atoms with Crippen molar-refractivity contribution in [3.05, 3.63) is 70.4 Å². The number of carbonyl (C=O) groups excluding carboxylic acids is 4. The van der Waals surface area contributed by atoms with E-state index in [9.17, 15) is 24.3 Å². The Morgan fingerprint density at radius 2 is 1.77 bits per heavy atom. The van der Waals surface area contributed by atoms with Crippen LogP contribution in [-0.4, -0.2) is 30.4 Å². The molecule has 2 amide bonds. The number of anilines is 2. The number of nitrogens with one attached hydrogen (secondary N) is 1. The van der Waals surface area contributed by atoms with Crippen molar-refractivity contribution in [3.8, 4) is 0 Å². The SMILES string of the molecule is CCCCOC(=O)c1cccc(N2C(=O)C(Cl)=C(Nc3ccc(C(=O)[O-])cc3)C2=O)c1. The molecule has 31 heavy (non-hydrogen) atoms. The van der Waals surface area contributed by atoms with Crippen LogP contribution in [0.25, 0.3) is 0 Å². The predicted octanol–water partition coefficient (Wildman–Crippen LogP) is 2.44. The smallest absolute Gasteiger partial charge is 0.338 e. The molecule has 2 aromatic carbocycles. The van der Waals surface area contributed by atoms with E-state index in [1.165, 1.54) is 48.5 Å². The van der Waals surface area contributed by atoms with Gasteiger partial charge in [0.2, 0.25) is 0 Å². The molecule has 8 nitrogen and oxygen atoms in total. The van der Waals surface area contributed by atoms with Crippen molar-refractivity contribution in [2.45, 2.75) is 19.8 Å². The van der Waals surface area contributed by atoms with E-state index >= 15 is 0 Å². The Kier molecular flexibility index (Phi) is 6.71. The van der Waals surface area contributed by atoms with Crippen molar-refractivity contribution in [1.82, 2.24) is 0 Å². The van der Waals surface area contributed by atoms with E-state index in [-0.39, 0.29) is 34.2 Å². The highest BCUT2D eigenvalue weighted by molar-refractivity contribution is 6.53. The van der Waals surface area contributed by atoms with Gasteiger partial charge in [0.25, 0.3) is 11.8 Å². The third-order valence-corrected chi connectivity index (χ3v) is 4.84. The van der Waals surface area contributed by atoms with Gasteiger partial charge < -0.3 is 20.0 Å². The Balaban J connectivity index is 1.80. The highest BCUT2D eigenvalue weighted by atomic mass is 35.5. The summed E-state index contributed by atoms with van der Waals surface area (Å²) in [6, 6.07) is 11.3. The Labute approximate surface area is 183 Å². The van der Waals surface area contributed by atoms with Crippen LogP contribution >= 0.6 is 11.6 Å². The maximum Gasteiger partial charge on any atom is 0.338 e. The van der Waals surface area contributed by atoms with E-state index in [4.69, 9.17) is 16.3 Å². The molecule has 0 bridgehead atoms. The van der Waals surface area contributed by atoms with Gasteiger partial charge in [-0.3, -0.25) is 9.59 Å². The molecule has 9 heteroatoms. The molecule has 0 saturated carbocycles. The molecular formula is C22H18ClN2O6-. The van der Waals surface area contributed by atoms with Gasteiger partial charge in [-0.2, -0.15) is 0 Å². The second kappa shape index (κ2) is 9.44. The van der Waals surface area contributed by atoms with E-state index in [2.05, 4.69) is 5.32 Å². The first-order valence-electron chi connectivity index (χ1n) is 9.47. The van der Waals surface area contributed by atoms with Gasteiger partial charge in [-0.1, -0.05) is 43.1 Å². The number of hydrogen-bond donors (Lipinski definition) is 1. The van der Waals surface area contributed by atoms with E-state index in [1.54, 1.807) is 0 Å². The number of rotatable bonds is 8. The fraction of sp³-hybridized carbons (Fsp3) is 0.182. The zero-order chi connectivity index (χ0) is 22.5. The minimum absolute atomic E-state index is 0.0382. The van der Waals surface area contributed by atoms with Gasteiger partial charge in [-0.05, 0) is 42.3 Å². The standard InChI is InChI=1S/C22H19ClN2O6/c1-2-3-11-31-22(30)14-5-4-6-16(12-14)25-19(26)17(23)18(20(25)27)24-15-9-7-13(8-10-15)21(28)29/h4-10,12,24H,2-3,11H2,1H3,(H,28,29)/p-1. The number of esters is 1. The maximum atomic E-state index is 12.9. The minimum atomic E-state index is -1.34. The molecule has 0 unspecified atom stereocenters. The first kappa shape index (κ1) is 22.0. The van der Waals surface area contributed by atoms with Crippen LogP contribution < -0.4 is 15.3 Å². The second-order valence-electron chi connectivity index (χ2n) is 6.66. The zero-order valence-corrected chi connectivity index (χ0v) is 17.3. The van der Waals surface area contributed by atoms with Gasteiger partial charge in [0.1, 0.15) is 10.7 Å². The molecule has 0 aliphatic carbocycles. The molecule has 1 heterocycles. The van der Waals surface area contributed by atoms with Crippen LogP contribution in [0, 0.1) is 0 Å². The molecule has 0 atom stereocenters. The van der Waals surface area contributed by atoms with Crippen LogP contribution in [0.4, 0.5) is 11.4 Å². The Morgan fingerprint density at radius 1 is 1.06 bits per heavy atom. The first-order chi connectivity index (χ1) is 14.8. The third kappa shape index (κ3) is 4.75. The van der Waals surface area contributed by atoms with Crippen molar-refractivity contribution < 1.29 is 29.0 Å². The molecule has 1 aliphatic heterocycles. The summed E-state index contributed by atoms with van der Waals surface area (Å²) in [5.74, 6) is -3.36. The average molecular weight is 442 g/mol. The zero-order valence-electron chi connectivity index (χ0n) is 16.5. The lowest BCUT2D eigenvalue weighted by molar-refractivity contribution is -0.255. The molecule has 0 fully saturated rings. The summed E-state index contributed by atoms with van der Waals surface area (Å²) in [5, 5.41) is 13.3. The molecule has 2 aromatic rings. The molecule has 1 aliphatic rings. The summed E-state index contributed by atoms with van der Waals surface area (Å²) in [7, 11) is 0. The quantitative estimate of drug-likeness (QED) is 0.380. The average Bonchev–Trinajstić information content (AvgIpc) is 2.97. The number of hydrogen-bond acceptors (Lipinski definition) is 7. The fourth-order valence-corrected chi connectivity index (χ4v) is 3.06. The highest BCUT2D eigenvalue weighted by Crippen LogP contribution is 2.30. The van der Waals surface area contributed by atoms with Crippen LogP contribution in [-0.2, 0) is 14.3 Å². The van der Waals surface area contributed by atoms with Gasteiger partial charge in [-0.25, -0.2) is 9.69 Å². The molecule has 160 valence electrons. The van der Waals surface area contributed by atoms with Gasteiger partial charge in [0.15, 0.2) is 0 Å². The molecule has 0 radical (unpaired) electrons. The van der Waals surface area contributed by atoms with E-state index in [1.807, 2.05) is 6.92 Å². The number of benzene rings is 2. The fourth-order valence-electron chi connectivity index (χ4n) is 2.84. The number of carboxylic acids is 1. The van der Waals surface area contributed by atoms with Crippen LogP contribution in [0.2, 0.25) is 0 Å². The monoisotopic (exact) mass is 441 g/mol. The van der Waals surface area contributed by atoms with Crippen LogP contribution in [0.3, 0.4) is 0 Å². The lowest BCUT2D eigenvalue weighted by atomic mass is 10.2. The van der Waals surface area contributed by atoms with Gasteiger partial charge in [0, 0.05) is 5.69 Å². The largest absolute Gasteiger partial charge is 0.545 e. The molecule has 3 rings (SSSR count). The molecule has 0 aromatic heterocycles. The lowest BCUT2D eigenvalue weighted by Gasteiger charge is -2.16. The van der Waals surface area contributed by atoms with Crippen molar-refractivity contribution in [2.24, 2.45) is 0 Å². The maximum absolute atomic E-state index is 12.9. The van der Waals surface area contributed by atoms with Gasteiger partial charge in [-0.15, -0.1) is 0 Å². The normalized spacial score (nSPS) is 13.5. The predicted molar refractivity (Wildman–Crippen MR) is 111 cm³/mol. The molecule has 0 saturated heterocycles. The van der Waals surface area contributed by atoms with Crippen molar-refractivity contribution in [2.75, 3.05) is 16.8 Å². The molecular weight excluding hydrogens is 424 g/mol. The number of carboxylic acid groups (broad SMARTS) is 1. The van der Waals surface area contributed by atoms with Crippen molar-refractivity contribution in [3.63, 3.8) is 0 Å². The summed E-state index contributed by atoms with van der Waals surface area (Å²) in [4.78, 5) is 49.4. The summed E-state index contributed by atoms with van der Waals surface area (Å²) < 4.78 is 5.17. The van der Waals surface area contributed by atoms with Crippen LogP contribution in [0.5, 0.6) is 0 Å². The Bertz CT molecular complexity index is 1080. The van der Waals surface area contributed by atoms with E-state index < -0.39 is 23.8 Å². The number of imide groups is 1. The van der Waals surface area contributed by atoms with Crippen molar-refractivity contribution >= 4 is 46.7 Å². The number of nitrogens with zero attached hydrogens (tertiary/aromatic N) is 1. The Morgan fingerprint density at radius 3 is 2.42 bits per heavy atom. The summed E-state index contributed by atoms with van der Waals surface area (Å²) >= 11 is 6.10. The number of carbonyl (C=O) groups is 4. The number of ether oxygens (including phenoxy) is 1. The summed E-state index contributed by atoms with van der Waals surface area (Å²) in [6.45, 7) is 2.25. The number of unbranched alkanes of at least 4 members (excludes halogenated alkanes) is 1. The molecule has 0 spiro atoms. The summed E-state index contributed by atoms with van der Waals surface area (Å²) in [5.41, 5.74) is 0.522. The number of amides is 2. The lowest BCUT2D eigenvalue weighted by Crippen LogP contribution is -2.32. The van der Waals surface area contributed by atoms with Gasteiger partial charge >= 0.3 is 5.97 Å². The van der Waals surface area contributed by atoms with E-state index in [0.717, 1.165) is 17.7 Å². The highest BCUT2D eigenvalue weighted by Gasteiger charge is 2.39. The summed E-state index contributed by atoms with van der Waals surface area (Å²) in [6.07, 6.45) is 1.60.